The lowest BCUT2D eigenvalue weighted by Crippen LogP contribution is -2.28. The smallest absolute Gasteiger partial charge is 0.0388 e. The van der Waals surface area contributed by atoms with Gasteiger partial charge in [-0.25, -0.2) is 0 Å². The van der Waals surface area contributed by atoms with Gasteiger partial charge in [0.25, 0.3) is 0 Å². The van der Waals surface area contributed by atoms with E-state index in [1.54, 1.807) is 0 Å². The molecule has 0 spiro atoms. The highest BCUT2D eigenvalue weighted by Gasteiger charge is 2.09. The van der Waals surface area contributed by atoms with E-state index in [9.17, 15) is 0 Å². The first-order valence-electron chi connectivity index (χ1n) is 6.39. The Morgan fingerprint density at radius 2 is 1.94 bits per heavy atom. The van der Waals surface area contributed by atoms with Gasteiger partial charge in [0.05, 0.1) is 0 Å². The van der Waals surface area contributed by atoms with E-state index in [-0.39, 0.29) is 0 Å². The Hall–Kier alpha value is -0.340. The summed E-state index contributed by atoms with van der Waals surface area (Å²) in [6.45, 7) is 9.15. The molecule has 2 heteroatoms. The van der Waals surface area contributed by atoms with Crippen LogP contribution in [0.4, 0.5) is 0 Å². The first-order valence-corrected chi connectivity index (χ1v) is 7.27. The molecule has 16 heavy (non-hydrogen) atoms. The van der Waals surface area contributed by atoms with Crippen LogP contribution in [0.15, 0.2) is 17.5 Å². The van der Waals surface area contributed by atoms with Crippen molar-refractivity contribution in [2.75, 3.05) is 0 Å². The average molecular weight is 239 g/mol. The van der Waals surface area contributed by atoms with E-state index in [1.165, 1.54) is 24.1 Å². The highest BCUT2D eigenvalue weighted by Crippen LogP contribution is 2.19. The molecule has 2 atom stereocenters. The Kier molecular flexibility index (Phi) is 6.07. The van der Waals surface area contributed by atoms with Crippen molar-refractivity contribution in [2.45, 2.75) is 59.0 Å². The maximum Gasteiger partial charge on any atom is 0.0388 e. The van der Waals surface area contributed by atoms with Crippen LogP contribution in [0.3, 0.4) is 0 Å². The van der Waals surface area contributed by atoms with Gasteiger partial charge < -0.3 is 5.32 Å². The number of nitrogens with one attached hydrogen (secondary N) is 1. The summed E-state index contributed by atoms with van der Waals surface area (Å²) in [6.07, 6.45) is 3.97. The SMILES string of the molecule is CC(C)CCCC(C)NC(C)c1cccs1. The molecule has 0 aliphatic carbocycles. The lowest BCUT2D eigenvalue weighted by atomic mass is 10.0. The zero-order valence-electron chi connectivity index (χ0n) is 11.0. The second kappa shape index (κ2) is 7.08. The third-order valence-electron chi connectivity index (χ3n) is 2.92. The van der Waals surface area contributed by atoms with Crippen molar-refractivity contribution in [3.63, 3.8) is 0 Å². The van der Waals surface area contributed by atoms with Crippen molar-refractivity contribution in [3.05, 3.63) is 22.4 Å². The summed E-state index contributed by atoms with van der Waals surface area (Å²) in [5, 5.41) is 5.82. The molecule has 92 valence electrons. The average Bonchev–Trinajstić information content (AvgIpc) is 2.69. The molecular formula is C14H25NS. The second-order valence-electron chi connectivity index (χ2n) is 5.13. The van der Waals surface area contributed by atoms with Crippen LogP contribution in [0.5, 0.6) is 0 Å². The molecule has 0 bridgehead atoms. The first-order chi connectivity index (χ1) is 7.59. The molecule has 1 aromatic heterocycles. The van der Waals surface area contributed by atoms with Gasteiger partial charge in [-0.1, -0.05) is 32.8 Å². The molecule has 1 N–H and O–H groups in total. The molecule has 0 aliphatic rings. The summed E-state index contributed by atoms with van der Waals surface area (Å²) >= 11 is 1.84. The van der Waals surface area contributed by atoms with Crippen molar-refractivity contribution in [1.29, 1.82) is 0 Å². The van der Waals surface area contributed by atoms with Crippen molar-refractivity contribution >= 4 is 11.3 Å². The van der Waals surface area contributed by atoms with Gasteiger partial charge in [0.15, 0.2) is 0 Å². The Morgan fingerprint density at radius 3 is 2.50 bits per heavy atom. The van der Waals surface area contributed by atoms with Gasteiger partial charge in [0.1, 0.15) is 0 Å². The molecule has 0 saturated heterocycles. The summed E-state index contributed by atoms with van der Waals surface area (Å²) in [4.78, 5) is 1.44. The van der Waals surface area contributed by atoms with E-state index >= 15 is 0 Å². The predicted molar refractivity (Wildman–Crippen MR) is 74.0 cm³/mol. The van der Waals surface area contributed by atoms with Crippen LogP contribution in [0.1, 0.15) is 57.9 Å². The van der Waals surface area contributed by atoms with Crippen molar-refractivity contribution in [3.8, 4) is 0 Å². The van der Waals surface area contributed by atoms with Crippen LogP contribution in [-0.4, -0.2) is 6.04 Å². The molecule has 0 aliphatic heterocycles. The summed E-state index contributed by atoms with van der Waals surface area (Å²) in [5.41, 5.74) is 0. The molecule has 1 aromatic rings. The monoisotopic (exact) mass is 239 g/mol. The largest absolute Gasteiger partial charge is 0.307 e. The van der Waals surface area contributed by atoms with Crippen molar-refractivity contribution < 1.29 is 0 Å². The molecule has 0 amide bonds. The fraction of sp³-hybridized carbons (Fsp3) is 0.714. The maximum atomic E-state index is 3.67. The molecular weight excluding hydrogens is 214 g/mol. The Labute approximate surface area is 104 Å². The van der Waals surface area contributed by atoms with Gasteiger partial charge in [0.2, 0.25) is 0 Å². The zero-order chi connectivity index (χ0) is 12.0. The first kappa shape index (κ1) is 13.7. The second-order valence-corrected chi connectivity index (χ2v) is 6.11. The van der Waals surface area contributed by atoms with Gasteiger partial charge in [-0.15, -0.1) is 11.3 Å². The summed E-state index contributed by atoms with van der Waals surface area (Å²) in [5.74, 6) is 0.835. The highest BCUT2D eigenvalue weighted by atomic mass is 32.1. The molecule has 1 nitrogen and oxygen atoms in total. The van der Waals surface area contributed by atoms with Gasteiger partial charge in [-0.05, 0) is 37.6 Å². The van der Waals surface area contributed by atoms with E-state index in [0.29, 0.717) is 12.1 Å². The summed E-state index contributed by atoms with van der Waals surface area (Å²) < 4.78 is 0. The molecule has 0 fully saturated rings. The van der Waals surface area contributed by atoms with E-state index < -0.39 is 0 Å². The molecule has 1 rings (SSSR count). The lowest BCUT2D eigenvalue weighted by molar-refractivity contribution is 0.426. The molecule has 0 saturated carbocycles. The third kappa shape index (κ3) is 5.13. The minimum atomic E-state index is 0.494. The Bertz CT molecular complexity index is 266. The number of hydrogen-bond acceptors (Lipinski definition) is 2. The Morgan fingerprint density at radius 1 is 1.19 bits per heavy atom. The topological polar surface area (TPSA) is 12.0 Å². The summed E-state index contributed by atoms with van der Waals surface area (Å²) in [6, 6.07) is 5.45. The van der Waals surface area contributed by atoms with Crippen molar-refractivity contribution in [1.82, 2.24) is 5.32 Å². The number of rotatable bonds is 7. The van der Waals surface area contributed by atoms with E-state index in [2.05, 4.69) is 50.5 Å². The molecule has 2 unspecified atom stereocenters. The van der Waals surface area contributed by atoms with E-state index in [1.807, 2.05) is 11.3 Å². The predicted octanol–water partition coefficient (Wildman–Crippen LogP) is 4.61. The molecule has 0 radical (unpaired) electrons. The number of thiophene rings is 1. The third-order valence-corrected chi connectivity index (χ3v) is 3.98. The summed E-state index contributed by atoms with van der Waals surface area (Å²) in [7, 11) is 0. The lowest BCUT2D eigenvalue weighted by Gasteiger charge is -2.19. The zero-order valence-corrected chi connectivity index (χ0v) is 11.8. The van der Waals surface area contributed by atoms with Gasteiger partial charge in [-0.3, -0.25) is 0 Å². The fourth-order valence-electron chi connectivity index (χ4n) is 1.96. The van der Waals surface area contributed by atoms with E-state index in [4.69, 9.17) is 0 Å². The standard InChI is InChI=1S/C14H25NS/c1-11(2)7-5-8-12(3)15-13(4)14-9-6-10-16-14/h6,9-13,15H,5,7-8H2,1-4H3. The van der Waals surface area contributed by atoms with Gasteiger partial charge >= 0.3 is 0 Å². The Balaban J connectivity index is 2.21. The van der Waals surface area contributed by atoms with Crippen LogP contribution in [0, 0.1) is 5.92 Å². The minimum absolute atomic E-state index is 0.494. The molecule has 0 aromatic carbocycles. The van der Waals surface area contributed by atoms with E-state index in [0.717, 1.165) is 5.92 Å². The van der Waals surface area contributed by atoms with Gasteiger partial charge in [0, 0.05) is 17.0 Å². The van der Waals surface area contributed by atoms with Crippen LogP contribution in [0.2, 0.25) is 0 Å². The van der Waals surface area contributed by atoms with Crippen molar-refractivity contribution in [2.24, 2.45) is 5.92 Å². The van der Waals surface area contributed by atoms with Gasteiger partial charge in [-0.2, -0.15) is 0 Å². The highest BCUT2D eigenvalue weighted by molar-refractivity contribution is 7.10. The molecule has 1 heterocycles. The minimum Gasteiger partial charge on any atom is -0.307 e. The number of hydrogen-bond donors (Lipinski definition) is 1. The van der Waals surface area contributed by atoms with Crippen LogP contribution >= 0.6 is 11.3 Å². The maximum absolute atomic E-state index is 3.67. The van der Waals surface area contributed by atoms with Crippen LogP contribution in [-0.2, 0) is 0 Å². The van der Waals surface area contributed by atoms with Crippen LogP contribution in [0.25, 0.3) is 0 Å². The normalized spacial score (nSPS) is 15.3. The van der Waals surface area contributed by atoms with Crippen LogP contribution < -0.4 is 5.32 Å². The fourth-order valence-corrected chi connectivity index (χ4v) is 2.71. The quantitative estimate of drug-likeness (QED) is 0.732.